The van der Waals surface area contributed by atoms with E-state index in [4.69, 9.17) is 4.74 Å². The molecule has 2 aromatic rings. The molecule has 0 saturated heterocycles. The van der Waals surface area contributed by atoms with Gasteiger partial charge in [-0.1, -0.05) is 0 Å². The fraction of sp³-hybridized carbons (Fsp3) is 0.333. The van der Waals surface area contributed by atoms with E-state index < -0.39 is 28.3 Å². The molecule has 1 heterocycles. The lowest BCUT2D eigenvalue weighted by Crippen LogP contribution is -2.22. The molecule has 1 aromatic carbocycles. The van der Waals surface area contributed by atoms with Crippen molar-refractivity contribution >= 4 is 9.84 Å². The van der Waals surface area contributed by atoms with Crippen LogP contribution in [0.3, 0.4) is 0 Å². The fourth-order valence-electron chi connectivity index (χ4n) is 2.67. The number of aryl methyl sites for hydroxylation is 1. The van der Waals surface area contributed by atoms with Crippen molar-refractivity contribution in [1.82, 2.24) is 9.97 Å². The molecule has 1 aliphatic carbocycles. The van der Waals surface area contributed by atoms with Crippen LogP contribution in [-0.4, -0.2) is 35.7 Å². The SMILES string of the molecule is Cc1cncc(Oc2ccc(S(C)(=O)=O)c3c2CC(F)(F)C3O)n1. The van der Waals surface area contributed by atoms with Gasteiger partial charge < -0.3 is 9.84 Å². The average molecular weight is 356 g/mol. The normalized spacial score (nSPS) is 19.1. The summed E-state index contributed by atoms with van der Waals surface area (Å²) in [5.74, 6) is -3.36. The number of aliphatic hydroxyl groups is 1. The monoisotopic (exact) mass is 356 g/mol. The predicted molar refractivity (Wildman–Crippen MR) is 80.0 cm³/mol. The summed E-state index contributed by atoms with van der Waals surface area (Å²) in [6.07, 6.45) is 0.694. The van der Waals surface area contributed by atoms with Crippen LogP contribution in [0, 0.1) is 6.92 Å². The number of aromatic nitrogens is 2. The summed E-state index contributed by atoms with van der Waals surface area (Å²) in [6.45, 7) is 1.69. The molecular weight excluding hydrogens is 342 g/mol. The van der Waals surface area contributed by atoms with Gasteiger partial charge in [0.15, 0.2) is 9.84 Å². The van der Waals surface area contributed by atoms with Gasteiger partial charge in [0.25, 0.3) is 5.92 Å². The summed E-state index contributed by atoms with van der Waals surface area (Å²) in [4.78, 5) is 7.63. The van der Waals surface area contributed by atoms with Crippen LogP contribution in [0.25, 0.3) is 0 Å². The molecule has 1 atom stereocenters. The third-order valence-corrected chi connectivity index (χ3v) is 4.86. The molecule has 3 rings (SSSR count). The van der Waals surface area contributed by atoms with E-state index in [1.165, 1.54) is 18.5 Å². The van der Waals surface area contributed by atoms with E-state index in [1.807, 2.05) is 0 Å². The van der Waals surface area contributed by atoms with Crippen molar-refractivity contribution in [2.24, 2.45) is 0 Å². The maximum atomic E-state index is 14.0. The molecule has 0 saturated carbocycles. The first kappa shape index (κ1) is 16.7. The summed E-state index contributed by atoms with van der Waals surface area (Å²) >= 11 is 0. The molecule has 0 bridgehead atoms. The molecule has 9 heteroatoms. The Bertz CT molecular complexity index is 916. The highest BCUT2D eigenvalue weighted by Gasteiger charge is 2.50. The lowest BCUT2D eigenvalue weighted by Gasteiger charge is -2.15. The minimum Gasteiger partial charge on any atom is -0.437 e. The quantitative estimate of drug-likeness (QED) is 0.907. The third kappa shape index (κ3) is 2.84. The Hall–Kier alpha value is -2.13. The first-order valence-corrected chi connectivity index (χ1v) is 8.87. The van der Waals surface area contributed by atoms with Gasteiger partial charge in [0.1, 0.15) is 11.9 Å². The molecule has 0 fully saturated rings. The largest absolute Gasteiger partial charge is 0.437 e. The topological polar surface area (TPSA) is 89.4 Å². The highest BCUT2D eigenvalue weighted by Crippen LogP contribution is 2.49. The summed E-state index contributed by atoms with van der Waals surface area (Å²) in [6, 6.07) is 2.44. The van der Waals surface area contributed by atoms with E-state index in [2.05, 4.69) is 9.97 Å². The van der Waals surface area contributed by atoms with Crippen molar-refractivity contribution < 1.29 is 27.0 Å². The van der Waals surface area contributed by atoms with Gasteiger partial charge in [-0.25, -0.2) is 22.2 Å². The Balaban J connectivity index is 2.14. The number of sulfone groups is 1. The van der Waals surface area contributed by atoms with Gasteiger partial charge in [-0.3, -0.25) is 4.98 Å². The second-order valence-corrected chi connectivity index (χ2v) is 7.65. The molecule has 1 unspecified atom stereocenters. The molecule has 1 aliphatic rings. The molecule has 0 spiro atoms. The summed E-state index contributed by atoms with van der Waals surface area (Å²) < 4.78 is 57.1. The number of benzene rings is 1. The van der Waals surface area contributed by atoms with Crippen molar-refractivity contribution in [3.8, 4) is 11.6 Å². The number of halogens is 2. The van der Waals surface area contributed by atoms with Gasteiger partial charge in [-0.15, -0.1) is 0 Å². The Morgan fingerprint density at radius 3 is 2.67 bits per heavy atom. The molecule has 24 heavy (non-hydrogen) atoms. The number of nitrogens with zero attached hydrogens (tertiary/aromatic N) is 2. The smallest absolute Gasteiger partial charge is 0.281 e. The second-order valence-electron chi connectivity index (χ2n) is 5.67. The average Bonchev–Trinajstić information content (AvgIpc) is 2.70. The van der Waals surface area contributed by atoms with E-state index in [-0.39, 0.29) is 27.7 Å². The van der Waals surface area contributed by atoms with E-state index in [1.54, 1.807) is 6.92 Å². The minimum atomic E-state index is -3.78. The van der Waals surface area contributed by atoms with Crippen LogP contribution in [0.1, 0.15) is 22.9 Å². The van der Waals surface area contributed by atoms with Crippen LogP contribution in [0.5, 0.6) is 11.6 Å². The lowest BCUT2D eigenvalue weighted by molar-refractivity contribution is -0.0976. The Morgan fingerprint density at radius 2 is 2.04 bits per heavy atom. The van der Waals surface area contributed by atoms with Crippen LogP contribution in [0.2, 0.25) is 0 Å². The molecule has 1 N–H and O–H groups in total. The van der Waals surface area contributed by atoms with Gasteiger partial charge in [-0.2, -0.15) is 0 Å². The maximum Gasteiger partial charge on any atom is 0.281 e. The van der Waals surface area contributed by atoms with Crippen molar-refractivity contribution in [3.05, 3.63) is 41.3 Å². The van der Waals surface area contributed by atoms with E-state index >= 15 is 0 Å². The number of ether oxygens (including phenoxy) is 1. The standard InChI is InChI=1S/C15H14F2N2O4S/c1-8-6-18-7-12(19-8)23-10-3-4-11(24(2,21)22)13-9(10)5-15(16,17)14(13)20/h3-4,6-7,14,20H,5H2,1-2H3. The van der Waals surface area contributed by atoms with E-state index in [0.29, 0.717) is 5.69 Å². The van der Waals surface area contributed by atoms with Crippen molar-refractivity contribution in [3.63, 3.8) is 0 Å². The van der Waals surface area contributed by atoms with Crippen LogP contribution in [0.15, 0.2) is 29.4 Å². The zero-order valence-corrected chi connectivity index (χ0v) is 13.6. The van der Waals surface area contributed by atoms with Gasteiger partial charge in [0, 0.05) is 30.0 Å². The lowest BCUT2D eigenvalue weighted by atomic mass is 10.1. The molecule has 0 aliphatic heterocycles. The van der Waals surface area contributed by atoms with Crippen molar-refractivity contribution in [1.29, 1.82) is 0 Å². The van der Waals surface area contributed by atoms with Gasteiger partial charge in [-0.05, 0) is 19.1 Å². The fourth-order valence-corrected chi connectivity index (χ4v) is 3.62. The third-order valence-electron chi connectivity index (χ3n) is 3.71. The van der Waals surface area contributed by atoms with Crippen LogP contribution < -0.4 is 4.74 Å². The van der Waals surface area contributed by atoms with Gasteiger partial charge in [0.2, 0.25) is 5.88 Å². The molecule has 0 amide bonds. The zero-order chi connectivity index (χ0) is 17.7. The van der Waals surface area contributed by atoms with Gasteiger partial charge >= 0.3 is 0 Å². The van der Waals surface area contributed by atoms with Crippen LogP contribution >= 0.6 is 0 Å². The zero-order valence-electron chi connectivity index (χ0n) is 12.8. The number of hydrogen-bond donors (Lipinski definition) is 1. The van der Waals surface area contributed by atoms with Gasteiger partial charge in [0.05, 0.1) is 16.8 Å². The molecule has 128 valence electrons. The number of rotatable bonds is 3. The molecule has 1 aromatic heterocycles. The van der Waals surface area contributed by atoms with Crippen molar-refractivity contribution in [2.75, 3.05) is 6.26 Å². The Labute approximate surface area is 137 Å². The van der Waals surface area contributed by atoms with E-state index in [9.17, 15) is 22.3 Å². The van der Waals surface area contributed by atoms with E-state index in [0.717, 1.165) is 12.3 Å². The summed E-state index contributed by atoms with van der Waals surface area (Å²) in [7, 11) is -3.78. The molecular formula is C15H14F2N2O4S. The summed E-state index contributed by atoms with van der Waals surface area (Å²) in [5.41, 5.74) is 0.210. The highest BCUT2D eigenvalue weighted by atomic mass is 32.2. The molecule has 6 nitrogen and oxygen atoms in total. The molecule has 0 radical (unpaired) electrons. The predicted octanol–water partition coefficient (Wildman–Crippen LogP) is 2.21. The summed E-state index contributed by atoms with van der Waals surface area (Å²) in [5, 5.41) is 9.89. The van der Waals surface area contributed by atoms with Crippen molar-refractivity contribution in [2.45, 2.75) is 30.3 Å². The minimum absolute atomic E-state index is 0.0218. The highest BCUT2D eigenvalue weighted by molar-refractivity contribution is 7.90. The Kier molecular flexibility index (Phi) is 3.80. The van der Waals surface area contributed by atoms with Crippen LogP contribution in [0.4, 0.5) is 8.78 Å². The first-order chi connectivity index (χ1) is 11.1. The first-order valence-electron chi connectivity index (χ1n) is 6.98. The second kappa shape index (κ2) is 5.45. The number of hydrogen-bond acceptors (Lipinski definition) is 6. The number of alkyl halides is 2. The maximum absolute atomic E-state index is 14.0. The Morgan fingerprint density at radius 1 is 1.33 bits per heavy atom. The number of aliphatic hydroxyl groups excluding tert-OH is 1. The van der Waals surface area contributed by atoms with Crippen LogP contribution in [-0.2, 0) is 16.3 Å². The number of fused-ring (bicyclic) bond motifs is 1.